The quantitative estimate of drug-likeness (QED) is 0.401. The first-order valence-electron chi connectivity index (χ1n) is 10.5. The average molecular weight is 377 g/mol. The van der Waals surface area contributed by atoms with Gasteiger partial charge in [0.05, 0.1) is 11.7 Å². The molecule has 0 saturated carbocycles. The summed E-state index contributed by atoms with van der Waals surface area (Å²) in [6.07, 6.45) is 9.79. The number of aliphatic hydroxyl groups is 1. The van der Waals surface area contributed by atoms with E-state index in [0.29, 0.717) is 17.8 Å². The van der Waals surface area contributed by atoms with Gasteiger partial charge in [0.1, 0.15) is 5.78 Å². The highest BCUT2D eigenvalue weighted by molar-refractivity contribution is 5.87. The molecule has 152 valence electrons. The monoisotopic (exact) mass is 376 g/mol. The molecule has 0 heterocycles. The molecule has 4 nitrogen and oxygen atoms in total. The summed E-state index contributed by atoms with van der Waals surface area (Å²) in [4.78, 5) is 23.1. The van der Waals surface area contributed by atoms with Gasteiger partial charge in [-0.3, -0.25) is 4.79 Å². The molecule has 0 radical (unpaired) electrons. The maximum absolute atomic E-state index is 12.2. The van der Waals surface area contributed by atoms with Gasteiger partial charge in [0.15, 0.2) is 0 Å². The van der Waals surface area contributed by atoms with E-state index in [1.807, 2.05) is 19.1 Å². The van der Waals surface area contributed by atoms with Crippen LogP contribution in [0.15, 0.2) is 24.3 Å². The van der Waals surface area contributed by atoms with Gasteiger partial charge < -0.3 is 10.2 Å². The van der Waals surface area contributed by atoms with Crippen molar-refractivity contribution in [2.75, 3.05) is 0 Å². The standard InChI is InChI=1S/C23H36O4/c1-3-5-6-12-21(24)13-8-11-19(22(25)4-2)10-7-9-18-14-16-20(17-15-18)23(26)27/h14-17,19,21,24H,3-13H2,1-2H3,(H,26,27). The summed E-state index contributed by atoms with van der Waals surface area (Å²) in [6.45, 7) is 4.08. The Morgan fingerprint density at radius 1 is 0.889 bits per heavy atom. The molecule has 2 atom stereocenters. The highest BCUT2D eigenvalue weighted by Gasteiger charge is 2.17. The Morgan fingerprint density at radius 3 is 2.11 bits per heavy atom. The van der Waals surface area contributed by atoms with Crippen LogP contribution in [0.25, 0.3) is 0 Å². The van der Waals surface area contributed by atoms with Gasteiger partial charge in [-0.15, -0.1) is 0 Å². The third kappa shape index (κ3) is 9.71. The van der Waals surface area contributed by atoms with Crippen LogP contribution in [0.3, 0.4) is 0 Å². The third-order valence-electron chi connectivity index (χ3n) is 5.25. The summed E-state index contributed by atoms with van der Waals surface area (Å²) >= 11 is 0. The first-order chi connectivity index (χ1) is 13.0. The van der Waals surface area contributed by atoms with Crippen LogP contribution in [0.4, 0.5) is 0 Å². The normalized spacial score (nSPS) is 13.3. The number of unbranched alkanes of at least 4 members (excludes halogenated alkanes) is 2. The molecule has 27 heavy (non-hydrogen) atoms. The highest BCUT2D eigenvalue weighted by atomic mass is 16.4. The number of aliphatic hydroxyl groups excluding tert-OH is 1. The van der Waals surface area contributed by atoms with E-state index in [9.17, 15) is 14.7 Å². The number of carboxylic acid groups (broad SMARTS) is 1. The van der Waals surface area contributed by atoms with Crippen LogP contribution < -0.4 is 0 Å². The average Bonchev–Trinajstić information content (AvgIpc) is 2.66. The van der Waals surface area contributed by atoms with Crippen molar-refractivity contribution in [1.29, 1.82) is 0 Å². The van der Waals surface area contributed by atoms with Gasteiger partial charge in [-0.2, -0.15) is 0 Å². The smallest absolute Gasteiger partial charge is 0.335 e. The SMILES string of the molecule is CCCCCC(O)CCCC(CCCc1ccc(C(=O)O)cc1)C(=O)CC. The fourth-order valence-electron chi connectivity index (χ4n) is 3.50. The Labute approximate surface area is 164 Å². The maximum Gasteiger partial charge on any atom is 0.335 e. The van der Waals surface area contributed by atoms with E-state index in [2.05, 4.69) is 6.92 Å². The largest absolute Gasteiger partial charge is 0.478 e. The lowest BCUT2D eigenvalue weighted by molar-refractivity contribution is -0.123. The maximum atomic E-state index is 12.2. The number of hydrogen-bond donors (Lipinski definition) is 2. The molecule has 2 N–H and O–H groups in total. The Bertz CT molecular complexity index is 550. The van der Waals surface area contributed by atoms with E-state index >= 15 is 0 Å². The predicted molar refractivity (Wildman–Crippen MR) is 109 cm³/mol. The van der Waals surface area contributed by atoms with Crippen LogP contribution in [0, 0.1) is 5.92 Å². The van der Waals surface area contributed by atoms with Crippen molar-refractivity contribution in [3.05, 3.63) is 35.4 Å². The Balaban J connectivity index is 2.37. The molecule has 0 fully saturated rings. The molecular formula is C23H36O4. The Hall–Kier alpha value is -1.68. The van der Waals surface area contributed by atoms with E-state index in [-0.39, 0.29) is 12.0 Å². The van der Waals surface area contributed by atoms with Gasteiger partial charge in [-0.1, -0.05) is 51.7 Å². The van der Waals surface area contributed by atoms with Crippen LogP contribution >= 0.6 is 0 Å². The van der Waals surface area contributed by atoms with E-state index < -0.39 is 5.97 Å². The Kier molecular flexibility index (Phi) is 11.7. The second kappa shape index (κ2) is 13.5. The molecule has 1 rings (SSSR count). The van der Waals surface area contributed by atoms with Gasteiger partial charge in [0, 0.05) is 12.3 Å². The summed E-state index contributed by atoms with van der Waals surface area (Å²) in [5.74, 6) is -0.514. The van der Waals surface area contributed by atoms with Crippen molar-refractivity contribution in [2.24, 2.45) is 5.92 Å². The number of carbonyl (C=O) groups excluding carboxylic acids is 1. The second-order valence-corrected chi connectivity index (χ2v) is 7.49. The van der Waals surface area contributed by atoms with Crippen molar-refractivity contribution in [3.63, 3.8) is 0 Å². The summed E-state index contributed by atoms with van der Waals surface area (Å²) in [7, 11) is 0. The molecule has 0 aromatic heterocycles. The fourth-order valence-corrected chi connectivity index (χ4v) is 3.50. The number of benzene rings is 1. The number of rotatable bonds is 15. The molecule has 2 unspecified atom stereocenters. The molecule has 0 saturated heterocycles. The zero-order valence-corrected chi connectivity index (χ0v) is 17.0. The lowest BCUT2D eigenvalue weighted by Crippen LogP contribution is -2.15. The van der Waals surface area contributed by atoms with Crippen molar-refractivity contribution in [3.8, 4) is 0 Å². The number of ketones is 1. The first-order valence-corrected chi connectivity index (χ1v) is 10.5. The molecular weight excluding hydrogens is 340 g/mol. The lowest BCUT2D eigenvalue weighted by Gasteiger charge is -2.16. The third-order valence-corrected chi connectivity index (χ3v) is 5.25. The van der Waals surface area contributed by atoms with E-state index in [1.165, 1.54) is 12.8 Å². The molecule has 4 heteroatoms. The van der Waals surface area contributed by atoms with Crippen LogP contribution in [-0.2, 0) is 11.2 Å². The van der Waals surface area contributed by atoms with Gasteiger partial charge in [-0.05, 0) is 56.2 Å². The minimum atomic E-state index is -0.910. The number of carboxylic acids is 1. The molecule has 0 aliphatic rings. The first kappa shape index (κ1) is 23.4. The van der Waals surface area contributed by atoms with Gasteiger partial charge in [0.25, 0.3) is 0 Å². The minimum Gasteiger partial charge on any atom is -0.478 e. The molecule has 1 aromatic carbocycles. The topological polar surface area (TPSA) is 74.6 Å². The van der Waals surface area contributed by atoms with Crippen LogP contribution in [0.2, 0.25) is 0 Å². The number of aromatic carboxylic acids is 1. The summed E-state index contributed by atoms with van der Waals surface area (Å²) < 4.78 is 0. The Morgan fingerprint density at radius 2 is 1.52 bits per heavy atom. The van der Waals surface area contributed by atoms with Crippen LogP contribution in [0.1, 0.15) is 94.0 Å². The minimum absolute atomic E-state index is 0.0798. The number of carbonyl (C=O) groups is 2. The zero-order chi connectivity index (χ0) is 20.1. The van der Waals surface area contributed by atoms with Crippen molar-refractivity contribution in [1.82, 2.24) is 0 Å². The van der Waals surface area contributed by atoms with Crippen LogP contribution in [-0.4, -0.2) is 28.1 Å². The number of aryl methyl sites for hydroxylation is 1. The second-order valence-electron chi connectivity index (χ2n) is 7.49. The summed E-state index contributed by atoms with van der Waals surface area (Å²) in [5, 5.41) is 19.0. The number of Topliss-reactive ketones (excluding diaryl/α,β-unsaturated/α-hetero) is 1. The zero-order valence-electron chi connectivity index (χ0n) is 17.0. The fraction of sp³-hybridized carbons (Fsp3) is 0.652. The van der Waals surface area contributed by atoms with Crippen molar-refractivity contribution < 1.29 is 19.8 Å². The molecule has 0 aliphatic carbocycles. The van der Waals surface area contributed by atoms with Gasteiger partial charge >= 0.3 is 5.97 Å². The van der Waals surface area contributed by atoms with Gasteiger partial charge in [-0.25, -0.2) is 4.79 Å². The molecule has 0 bridgehead atoms. The van der Waals surface area contributed by atoms with E-state index in [0.717, 1.165) is 56.9 Å². The predicted octanol–water partition coefficient (Wildman–Crippen LogP) is 5.41. The van der Waals surface area contributed by atoms with Crippen LogP contribution in [0.5, 0.6) is 0 Å². The molecule has 0 aliphatic heterocycles. The summed E-state index contributed by atoms with van der Waals surface area (Å²) in [6, 6.07) is 6.97. The van der Waals surface area contributed by atoms with Crippen molar-refractivity contribution >= 4 is 11.8 Å². The van der Waals surface area contributed by atoms with E-state index in [4.69, 9.17) is 5.11 Å². The molecule has 0 amide bonds. The highest BCUT2D eigenvalue weighted by Crippen LogP contribution is 2.21. The summed E-state index contributed by atoms with van der Waals surface area (Å²) in [5.41, 5.74) is 1.41. The number of hydrogen-bond acceptors (Lipinski definition) is 3. The van der Waals surface area contributed by atoms with Crippen molar-refractivity contribution in [2.45, 2.75) is 90.6 Å². The molecule has 1 aromatic rings. The molecule has 0 spiro atoms. The van der Waals surface area contributed by atoms with E-state index in [1.54, 1.807) is 12.1 Å². The van der Waals surface area contributed by atoms with Gasteiger partial charge in [0.2, 0.25) is 0 Å². The lowest BCUT2D eigenvalue weighted by atomic mass is 9.89.